The Labute approximate surface area is 137 Å². The van der Waals surface area contributed by atoms with Crippen molar-refractivity contribution in [1.82, 2.24) is 15.0 Å². The van der Waals surface area contributed by atoms with Gasteiger partial charge in [-0.15, -0.1) is 0 Å². The van der Waals surface area contributed by atoms with Gasteiger partial charge in [-0.05, 0) is 60.1 Å². The summed E-state index contributed by atoms with van der Waals surface area (Å²) >= 11 is 8.56. The highest BCUT2D eigenvalue weighted by molar-refractivity contribution is 14.1. The van der Waals surface area contributed by atoms with Crippen molar-refractivity contribution in [3.63, 3.8) is 0 Å². The molecular weight excluding hydrogens is 385 g/mol. The lowest BCUT2D eigenvalue weighted by Gasteiger charge is -2.13. The van der Waals surface area contributed by atoms with Gasteiger partial charge in [-0.25, -0.2) is 9.97 Å². The van der Waals surface area contributed by atoms with Gasteiger partial charge in [-0.2, -0.15) is 0 Å². The van der Waals surface area contributed by atoms with Crippen molar-refractivity contribution >= 4 is 34.2 Å². The molecule has 0 amide bonds. The van der Waals surface area contributed by atoms with Crippen molar-refractivity contribution in [3.05, 3.63) is 38.3 Å². The number of rotatable bonds is 2. The standard InChI is InChI=1S/C15H15ClIN3/c1-9-6-7-18-11(8-9)15-19-13(10-4-2-3-5-10)12(17)14(16)20-15/h6-8,10H,2-5H2,1H3. The Hall–Kier alpha value is -0.750. The first-order valence-electron chi connectivity index (χ1n) is 6.81. The summed E-state index contributed by atoms with van der Waals surface area (Å²) in [6, 6.07) is 3.96. The highest BCUT2D eigenvalue weighted by Gasteiger charge is 2.23. The minimum absolute atomic E-state index is 0.519. The molecule has 0 atom stereocenters. The second-order valence-corrected chi connectivity index (χ2v) is 6.67. The Bertz CT molecular complexity index is 639. The van der Waals surface area contributed by atoms with Crippen molar-refractivity contribution in [3.8, 4) is 11.5 Å². The van der Waals surface area contributed by atoms with Crippen molar-refractivity contribution in [2.45, 2.75) is 38.5 Å². The van der Waals surface area contributed by atoms with E-state index in [2.05, 4.69) is 32.6 Å². The van der Waals surface area contributed by atoms with Crippen LogP contribution in [0.2, 0.25) is 5.15 Å². The predicted octanol–water partition coefficient (Wildman–Crippen LogP) is 4.76. The Morgan fingerprint density at radius 3 is 2.70 bits per heavy atom. The van der Waals surface area contributed by atoms with E-state index in [0.29, 0.717) is 16.9 Å². The van der Waals surface area contributed by atoms with Gasteiger partial charge in [-0.3, -0.25) is 4.98 Å². The third-order valence-electron chi connectivity index (χ3n) is 3.72. The minimum atomic E-state index is 0.519. The lowest BCUT2D eigenvalue weighted by molar-refractivity contribution is 0.690. The number of pyridine rings is 1. The van der Waals surface area contributed by atoms with Gasteiger partial charge in [0, 0.05) is 12.1 Å². The average Bonchev–Trinajstić information content (AvgIpc) is 2.95. The topological polar surface area (TPSA) is 38.7 Å². The quantitative estimate of drug-likeness (QED) is 0.540. The van der Waals surface area contributed by atoms with Gasteiger partial charge in [0.15, 0.2) is 5.82 Å². The fourth-order valence-corrected chi connectivity index (χ4v) is 3.54. The molecule has 0 saturated heterocycles. The third-order valence-corrected chi connectivity index (χ3v) is 5.38. The molecule has 20 heavy (non-hydrogen) atoms. The van der Waals surface area contributed by atoms with Crippen LogP contribution in [0.3, 0.4) is 0 Å². The molecule has 1 saturated carbocycles. The Morgan fingerprint density at radius 1 is 1.25 bits per heavy atom. The molecule has 104 valence electrons. The number of aromatic nitrogens is 3. The lowest BCUT2D eigenvalue weighted by Crippen LogP contribution is -2.05. The summed E-state index contributed by atoms with van der Waals surface area (Å²) < 4.78 is 0.993. The molecule has 1 fully saturated rings. The van der Waals surface area contributed by atoms with Gasteiger partial charge in [0.2, 0.25) is 0 Å². The van der Waals surface area contributed by atoms with Crippen molar-refractivity contribution in [2.24, 2.45) is 0 Å². The molecule has 0 N–H and O–H groups in total. The largest absolute Gasteiger partial charge is 0.253 e. The Kier molecular flexibility index (Phi) is 4.21. The van der Waals surface area contributed by atoms with Crippen LogP contribution < -0.4 is 0 Å². The molecule has 3 nitrogen and oxygen atoms in total. The summed E-state index contributed by atoms with van der Waals surface area (Å²) in [7, 11) is 0. The van der Waals surface area contributed by atoms with Gasteiger partial charge in [0.1, 0.15) is 10.8 Å². The number of hydrogen-bond acceptors (Lipinski definition) is 3. The van der Waals surface area contributed by atoms with Crippen LogP contribution in [0, 0.1) is 10.5 Å². The predicted molar refractivity (Wildman–Crippen MR) is 88.9 cm³/mol. The number of hydrogen-bond donors (Lipinski definition) is 0. The summed E-state index contributed by atoms with van der Waals surface area (Å²) in [6.45, 7) is 2.04. The van der Waals surface area contributed by atoms with E-state index in [-0.39, 0.29) is 0 Å². The van der Waals surface area contributed by atoms with Crippen molar-refractivity contribution in [1.29, 1.82) is 0 Å². The van der Waals surface area contributed by atoms with Gasteiger partial charge in [0.05, 0.1) is 9.26 Å². The first-order chi connectivity index (χ1) is 9.65. The SMILES string of the molecule is Cc1ccnc(-c2nc(Cl)c(I)c(C3CCCC3)n2)c1. The molecule has 0 unspecified atom stereocenters. The zero-order chi connectivity index (χ0) is 14.1. The van der Waals surface area contributed by atoms with E-state index < -0.39 is 0 Å². The molecule has 0 spiro atoms. The van der Waals surface area contributed by atoms with Crippen LogP contribution >= 0.6 is 34.2 Å². The smallest absolute Gasteiger partial charge is 0.179 e. The third kappa shape index (κ3) is 2.81. The number of aryl methyl sites for hydroxylation is 1. The van der Waals surface area contributed by atoms with Crippen LogP contribution in [-0.4, -0.2) is 15.0 Å². The summed E-state index contributed by atoms with van der Waals surface area (Å²) in [4.78, 5) is 13.5. The van der Waals surface area contributed by atoms with E-state index >= 15 is 0 Å². The molecule has 2 aromatic heterocycles. The first-order valence-corrected chi connectivity index (χ1v) is 8.27. The first kappa shape index (κ1) is 14.2. The fourth-order valence-electron chi connectivity index (χ4n) is 2.68. The molecule has 0 bridgehead atoms. The van der Waals surface area contributed by atoms with Gasteiger partial charge >= 0.3 is 0 Å². The molecule has 0 aliphatic heterocycles. The van der Waals surface area contributed by atoms with Crippen LogP contribution in [0.5, 0.6) is 0 Å². The summed E-state index contributed by atoms with van der Waals surface area (Å²) in [6.07, 6.45) is 6.74. The molecule has 3 rings (SSSR count). The second-order valence-electron chi connectivity index (χ2n) is 5.24. The fraction of sp³-hybridized carbons (Fsp3) is 0.400. The summed E-state index contributed by atoms with van der Waals surface area (Å²) in [5.74, 6) is 1.16. The monoisotopic (exact) mass is 399 g/mol. The van der Waals surface area contributed by atoms with Crippen molar-refractivity contribution < 1.29 is 0 Å². The van der Waals surface area contributed by atoms with E-state index in [0.717, 1.165) is 20.5 Å². The highest BCUT2D eigenvalue weighted by Crippen LogP contribution is 2.37. The maximum Gasteiger partial charge on any atom is 0.179 e. The van der Waals surface area contributed by atoms with E-state index in [1.54, 1.807) is 6.20 Å². The zero-order valence-corrected chi connectivity index (χ0v) is 14.1. The maximum atomic E-state index is 6.30. The average molecular weight is 400 g/mol. The van der Waals surface area contributed by atoms with Crippen LogP contribution in [0.1, 0.15) is 42.9 Å². The van der Waals surface area contributed by atoms with E-state index in [1.165, 1.54) is 25.7 Å². The van der Waals surface area contributed by atoms with Gasteiger partial charge < -0.3 is 0 Å². The van der Waals surface area contributed by atoms with E-state index in [9.17, 15) is 0 Å². The normalized spacial score (nSPS) is 15.8. The Balaban J connectivity index is 2.08. The molecule has 0 radical (unpaired) electrons. The summed E-state index contributed by atoms with van der Waals surface area (Å²) in [5, 5.41) is 0.542. The van der Waals surface area contributed by atoms with Crippen molar-refractivity contribution in [2.75, 3.05) is 0 Å². The molecule has 2 heterocycles. The van der Waals surface area contributed by atoms with Crippen LogP contribution in [0.4, 0.5) is 0 Å². The minimum Gasteiger partial charge on any atom is -0.253 e. The van der Waals surface area contributed by atoms with Crippen LogP contribution in [0.15, 0.2) is 18.3 Å². The molecule has 1 aliphatic rings. The molecule has 0 aromatic carbocycles. The molecule has 5 heteroatoms. The number of nitrogens with zero attached hydrogens (tertiary/aromatic N) is 3. The molecule has 1 aliphatic carbocycles. The molecular formula is C15H15ClIN3. The maximum absolute atomic E-state index is 6.30. The number of halogens is 2. The lowest BCUT2D eigenvalue weighted by atomic mass is 10.0. The van der Waals surface area contributed by atoms with E-state index in [1.807, 2.05) is 19.1 Å². The zero-order valence-electron chi connectivity index (χ0n) is 11.2. The van der Waals surface area contributed by atoms with Crippen LogP contribution in [0.25, 0.3) is 11.5 Å². The summed E-state index contributed by atoms with van der Waals surface area (Å²) in [5.41, 5.74) is 3.04. The van der Waals surface area contributed by atoms with Crippen LogP contribution in [-0.2, 0) is 0 Å². The van der Waals surface area contributed by atoms with Gasteiger partial charge in [0.25, 0.3) is 0 Å². The van der Waals surface area contributed by atoms with E-state index in [4.69, 9.17) is 16.6 Å². The Morgan fingerprint density at radius 2 is 2.00 bits per heavy atom. The molecule has 2 aromatic rings. The second kappa shape index (κ2) is 5.93. The van der Waals surface area contributed by atoms with Gasteiger partial charge in [-0.1, -0.05) is 24.4 Å². The highest BCUT2D eigenvalue weighted by atomic mass is 127.